The van der Waals surface area contributed by atoms with Crippen LogP contribution < -0.4 is 8.92 Å². The summed E-state index contributed by atoms with van der Waals surface area (Å²) in [5.74, 6) is -1.10. The molecule has 0 amide bonds. The van der Waals surface area contributed by atoms with Gasteiger partial charge in [0.25, 0.3) is 0 Å². The average molecular weight is 534 g/mol. The van der Waals surface area contributed by atoms with Crippen LogP contribution in [0.2, 0.25) is 0 Å². The Bertz CT molecular complexity index is 1130. The van der Waals surface area contributed by atoms with Gasteiger partial charge in [-0.3, -0.25) is 4.90 Å². The van der Waals surface area contributed by atoms with Crippen molar-refractivity contribution in [3.05, 3.63) is 23.3 Å². The molecule has 1 spiro atoms. The molecule has 5 aliphatic rings. The van der Waals surface area contributed by atoms with Gasteiger partial charge in [0.15, 0.2) is 17.6 Å². The van der Waals surface area contributed by atoms with Gasteiger partial charge in [0.05, 0.1) is 18.8 Å². The number of fused-ring (bicyclic) bond motifs is 5. The van der Waals surface area contributed by atoms with E-state index < -0.39 is 38.9 Å². The van der Waals surface area contributed by atoms with E-state index in [1.165, 1.54) is 18.9 Å². The number of hydrogen-bond acceptors (Lipinski definition) is 8. The SMILES string of the molecule is O=S(=O)(Oc1ccc2c3c1OC1CC(O)(CCC14OCCO4)[C@@H](C2)N(CC1CC1)CCC3)C(F)(F)F. The predicted molar refractivity (Wildman–Crippen MR) is 120 cm³/mol. The Kier molecular flexibility index (Phi) is 5.81. The highest BCUT2D eigenvalue weighted by atomic mass is 32.2. The van der Waals surface area contributed by atoms with Crippen LogP contribution in [0.3, 0.4) is 0 Å². The lowest BCUT2D eigenvalue weighted by molar-refractivity contribution is -0.259. The summed E-state index contributed by atoms with van der Waals surface area (Å²) in [6, 6.07) is 2.61. The van der Waals surface area contributed by atoms with E-state index in [1.54, 1.807) is 6.07 Å². The Morgan fingerprint density at radius 1 is 1.17 bits per heavy atom. The van der Waals surface area contributed by atoms with Crippen molar-refractivity contribution in [3.8, 4) is 11.5 Å². The standard InChI is InChI=1S/C24H30F3NO7S/c25-24(26,27)36(30,31)35-18-6-5-16-12-19-22(29)7-8-23(32-10-11-33-23)20(13-22)34-21(18)17(16)2-1-9-28(19)14-15-3-4-15/h5-6,15,19-20,29H,1-4,7-14H2/t19-,20?,22?/m1/s1. The highest BCUT2D eigenvalue weighted by Crippen LogP contribution is 2.50. The number of aliphatic hydroxyl groups is 1. The highest BCUT2D eigenvalue weighted by Gasteiger charge is 2.58. The minimum absolute atomic E-state index is 0.0376. The quantitative estimate of drug-likeness (QED) is 0.467. The van der Waals surface area contributed by atoms with E-state index in [4.69, 9.17) is 14.2 Å². The first-order valence-electron chi connectivity index (χ1n) is 12.6. The molecule has 6 rings (SSSR count). The zero-order chi connectivity index (χ0) is 25.3. The molecular weight excluding hydrogens is 503 g/mol. The second kappa shape index (κ2) is 8.45. The molecule has 12 heteroatoms. The fourth-order valence-electron chi connectivity index (χ4n) is 6.31. The largest absolute Gasteiger partial charge is 0.534 e. The molecule has 6 bridgehead atoms. The van der Waals surface area contributed by atoms with Gasteiger partial charge in [0.2, 0.25) is 5.79 Å². The first-order chi connectivity index (χ1) is 17.0. The van der Waals surface area contributed by atoms with Crippen LogP contribution in [0, 0.1) is 5.92 Å². The summed E-state index contributed by atoms with van der Waals surface area (Å²) < 4.78 is 86.3. The first-order valence-corrected chi connectivity index (χ1v) is 14.0. The lowest BCUT2D eigenvalue weighted by Gasteiger charge is -2.50. The number of hydrogen-bond donors (Lipinski definition) is 1. The molecule has 2 unspecified atom stereocenters. The summed E-state index contributed by atoms with van der Waals surface area (Å²) in [6.45, 7) is 2.27. The van der Waals surface area contributed by atoms with E-state index in [0.717, 1.165) is 18.7 Å². The fraction of sp³-hybridized carbons (Fsp3) is 0.750. The molecule has 3 aliphatic heterocycles. The second-order valence-corrected chi connectivity index (χ2v) is 12.2. The van der Waals surface area contributed by atoms with E-state index >= 15 is 0 Å². The molecular formula is C24H30F3NO7S. The van der Waals surface area contributed by atoms with Crippen LogP contribution >= 0.6 is 0 Å². The van der Waals surface area contributed by atoms with Crippen molar-refractivity contribution in [1.82, 2.24) is 4.90 Å². The van der Waals surface area contributed by atoms with Crippen LogP contribution in [-0.4, -0.2) is 73.8 Å². The summed E-state index contributed by atoms with van der Waals surface area (Å²) >= 11 is 0. The molecule has 0 radical (unpaired) electrons. The molecule has 3 atom stereocenters. The second-order valence-electron chi connectivity index (χ2n) is 10.7. The van der Waals surface area contributed by atoms with Crippen LogP contribution in [0.4, 0.5) is 13.2 Å². The molecule has 36 heavy (non-hydrogen) atoms. The van der Waals surface area contributed by atoms with Crippen LogP contribution in [-0.2, 0) is 32.4 Å². The van der Waals surface area contributed by atoms with Crippen LogP contribution in [0.5, 0.6) is 11.5 Å². The number of alkyl halides is 3. The van der Waals surface area contributed by atoms with Crippen molar-refractivity contribution >= 4 is 10.1 Å². The molecule has 1 N–H and O–H groups in total. The molecule has 3 heterocycles. The van der Waals surface area contributed by atoms with Crippen LogP contribution in [0.25, 0.3) is 0 Å². The number of nitrogens with zero attached hydrogens (tertiary/aromatic N) is 1. The van der Waals surface area contributed by atoms with Gasteiger partial charge in [0, 0.05) is 31.0 Å². The zero-order valence-corrected chi connectivity index (χ0v) is 20.6. The van der Waals surface area contributed by atoms with E-state index in [1.807, 2.05) is 0 Å². The number of halogens is 3. The van der Waals surface area contributed by atoms with Crippen LogP contribution in [0.15, 0.2) is 12.1 Å². The van der Waals surface area contributed by atoms with E-state index in [-0.39, 0.29) is 18.2 Å². The Morgan fingerprint density at radius 3 is 2.61 bits per heavy atom. The van der Waals surface area contributed by atoms with Crippen molar-refractivity contribution in [2.75, 3.05) is 26.3 Å². The number of benzene rings is 1. The zero-order valence-electron chi connectivity index (χ0n) is 19.8. The summed E-state index contributed by atoms with van der Waals surface area (Å²) in [7, 11) is -5.91. The minimum atomic E-state index is -5.91. The molecule has 1 saturated heterocycles. The smallest absolute Gasteiger partial charge is 0.480 e. The molecule has 1 aromatic rings. The van der Waals surface area contributed by atoms with Gasteiger partial charge in [-0.15, -0.1) is 0 Å². The highest BCUT2D eigenvalue weighted by molar-refractivity contribution is 7.88. The maximum Gasteiger partial charge on any atom is 0.534 e. The lowest BCUT2D eigenvalue weighted by atomic mass is 9.72. The molecule has 8 nitrogen and oxygen atoms in total. The number of ether oxygens (including phenoxy) is 3. The maximum absolute atomic E-state index is 13.2. The van der Waals surface area contributed by atoms with Gasteiger partial charge in [0.1, 0.15) is 0 Å². The fourth-order valence-corrected chi connectivity index (χ4v) is 6.77. The Labute approximate surface area is 207 Å². The van der Waals surface area contributed by atoms with Crippen molar-refractivity contribution in [2.24, 2.45) is 5.92 Å². The molecule has 1 aromatic carbocycles. The van der Waals surface area contributed by atoms with Gasteiger partial charge in [-0.2, -0.15) is 21.6 Å². The predicted octanol–water partition coefficient (Wildman–Crippen LogP) is 2.90. The summed E-state index contributed by atoms with van der Waals surface area (Å²) in [5, 5.41) is 12.1. The molecule has 3 fully saturated rings. The van der Waals surface area contributed by atoms with Gasteiger partial charge in [-0.1, -0.05) is 6.07 Å². The number of rotatable bonds is 4. The average Bonchev–Trinajstić information content (AvgIpc) is 3.48. The molecule has 2 saturated carbocycles. The summed E-state index contributed by atoms with van der Waals surface area (Å²) in [5.41, 5.74) is -5.29. The lowest BCUT2D eigenvalue weighted by Crippen LogP contribution is -2.63. The monoisotopic (exact) mass is 533 g/mol. The van der Waals surface area contributed by atoms with E-state index in [9.17, 15) is 26.7 Å². The third-order valence-corrected chi connectivity index (χ3v) is 9.28. The maximum atomic E-state index is 13.2. The molecule has 0 aromatic heterocycles. The van der Waals surface area contributed by atoms with Crippen LogP contribution in [0.1, 0.15) is 49.7 Å². The topological polar surface area (TPSA) is 94.5 Å². The first kappa shape index (κ1) is 24.7. The molecule has 200 valence electrons. The summed E-state index contributed by atoms with van der Waals surface area (Å²) in [4.78, 5) is 2.37. The Morgan fingerprint density at radius 2 is 1.92 bits per heavy atom. The van der Waals surface area contributed by atoms with Crippen molar-refractivity contribution < 1.29 is 45.1 Å². The normalized spacial score (nSPS) is 32.2. The van der Waals surface area contributed by atoms with Gasteiger partial charge in [-0.05, 0) is 62.6 Å². The van der Waals surface area contributed by atoms with Crippen molar-refractivity contribution in [3.63, 3.8) is 0 Å². The minimum Gasteiger partial charge on any atom is -0.480 e. The summed E-state index contributed by atoms with van der Waals surface area (Å²) in [6.07, 6.45) is 4.04. The van der Waals surface area contributed by atoms with Gasteiger partial charge in [-0.25, -0.2) is 0 Å². The van der Waals surface area contributed by atoms with Gasteiger partial charge >= 0.3 is 15.6 Å². The third kappa shape index (κ3) is 4.18. The van der Waals surface area contributed by atoms with Crippen molar-refractivity contribution in [2.45, 2.75) is 80.4 Å². The third-order valence-electron chi connectivity index (χ3n) is 8.31. The Hall–Kier alpha value is -1.60. The van der Waals surface area contributed by atoms with E-state index in [0.29, 0.717) is 56.8 Å². The van der Waals surface area contributed by atoms with Crippen molar-refractivity contribution in [1.29, 1.82) is 0 Å². The Balaban J connectivity index is 1.47. The molecule has 2 aliphatic carbocycles. The van der Waals surface area contributed by atoms with Gasteiger partial charge < -0.3 is 23.5 Å². The van der Waals surface area contributed by atoms with E-state index in [2.05, 4.69) is 9.08 Å².